The number of benzene rings is 1. The van der Waals surface area contributed by atoms with Gasteiger partial charge in [-0.15, -0.1) is 11.6 Å². The number of aromatic hydroxyl groups is 1. The zero-order valence-electron chi connectivity index (χ0n) is 7.46. The first-order valence-electron chi connectivity index (χ1n) is 4.16. The van der Waals surface area contributed by atoms with E-state index in [0.717, 1.165) is 5.56 Å². The monoisotopic (exact) mass is 276 g/mol. The van der Waals surface area contributed by atoms with Crippen LogP contribution in [-0.4, -0.2) is 16.2 Å². The third-order valence-electron chi connectivity index (χ3n) is 1.84. The summed E-state index contributed by atoms with van der Waals surface area (Å²) in [4.78, 5) is 11.5. The van der Waals surface area contributed by atoms with E-state index in [2.05, 4.69) is 15.9 Å². The minimum absolute atomic E-state index is 0.0183. The molecule has 1 N–H and O–H groups in total. The van der Waals surface area contributed by atoms with Crippen molar-refractivity contribution in [2.45, 2.75) is 12.3 Å². The standard InChI is InChI=1S/C10H10BrClO2/c11-4-3-10(14)8-5-7(6-12)1-2-9(8)13/h1-2,5,13H,3-4,6H2. The summed E-state index contributed by atoms with van der Waals surface area (Å²) in [5.74, 6) is 0.283. The van der Waals surface area contributed by atoms with E-state index in [0.29, 0.717) is 23.2 Å². The van der Waals surface area contributed by atoms with E-state index in [9.17, 15) is 9.90 Å². The van der Waals surface area contributed by atoms with Crippen molar-refractivity contribution in [1.29, 1.82) is 0 Å². The van der Waals surface area contributed by atoms with Crippen LogP contribution in [0.5, 0.6) is 5.75 Å². The Bertz CT molecular complexity index is 339. The summed E-state index contributed by atoms with van der Waals surface area (Å²) >= 11 is 8.81. The Morgan fingerprint density at radius 2 is 2.21 bits per heavy atom. The summed E-state index contributed by atoms with van der Waals surface area (Å²) < 4.78 is 0. The lowest BCUT2D eigenvalue weighted by atomic mass is 10.1. The number of phenolic OH excluding ortho intramolecular Hbond substituents is 1. The smallest absolute Gasteiger partial charge is 0.167 e. The molecule has 0 aliphatic carbocycles. The van der Waals surface area contributed by atoms with Crippen LogP contribution in [0.1, 0.15) is 22.3 Å². The summed E-state index contributed by atoms with van der Waals surface area (Å²) in [5.41, 5.74) is 1.19. The van der Waals surface area contributed by atoms with Crippen molar-refractivity contribution in [2.24, 2.45) is 0 Å². The molecule has 0 aliphatic heterocycles. The summed E-state index contributed by atoms with van der Waals surface area (Å²) in [6.45, 7) is 0. The van der Waals surface area contributed by atoms with Crippen molar-refractivity contribution in [2.75, 3.05) is 5.33 Å². The maximum Gasteiger partial charge on any atom is 0.167 e. The zero-order valence-corrected chi connectivity index (χ0v) is 9.81. The maximum atomic E-state index is 11.5. The second-order valence-corrected chi connectivity index (χ2v) is 3.91. The Balaban J connectivity index is 2.99. The van der Waals surface area contributed by atoms with Crippen molar-refractivity contribution >= 4 is 33.3 Å². The third kappa shape index (κ3) is 2.72. The average molecular weight is 278 g/mol. The van der Waals surface area contributed by atoms with Gasteiger partial charge in [0.25, 0.3) is 0 Å². The van der Waals surface area contributed by atoms with Crippen LogP contribution in [0.2, 0.25) is 0 Å². The summed E-state index contributed by atoms with van der Waals surface area (Å²) in [6, 6.07) is 4.83. The maximum absolute atomic E-state index is 11.5. The first kappa shape index (κ1) is 11.5. The van der Waals surface area contributed by atoms with E-state index in [1.54, 1.807) is 12.1 Å². The summed E-state index contributed by atoms with van der Waals surface area (Å²) in [7, 11) is 0. The van der Waals surface area contributed by atoms with E-state index >= 15 is 0 Å². The Kier molecular flexibility index (Phi) is 4.42. The minimum Gasteiger partial charge on any atom is -0.507 e. The minimum atomic E-state index is -0.0775. The second-order valence-electron chi connectivity index (χ2n) is 2.85. The predicted molar refractivity (Wildman–Crippen MR) is 60.4 cm³/mol. The number of halogens is 2. The van der Waals surface area contributed by atoms with E-state index in [-0.39, 0.29) is 11.5 Å². The molecule has 1 rings (SSSR count). The van der Waals surface area contributed by atoms with E-state index in [1.807, 2.05) is 0 Å². The van der Waals surface area contributed by atoms with Crippen LogP contribution < -0.4 is 0 Å². The fourth-order valence-electron chi connectivity index (χ4n) is 1.11. The van der Waals surface area contributed by atoms with Crippen LogP contribution in [0.4, 0.5) is 0 Å². The fourth-order valence-corrected chi connectivity index (χ4v) is 1.64. The normalized spacial score (nSPS) is 10.1. The molecule has 0 spiro atoms. The van der Waals surface area contributed by atoms with Crippen LogP contribution in [0.25, 0.3) is 0 Å². The molecule has 0 saturated heterocycles. The van der Waals surface area contributed by atoms with E-state index in [1.165, 1.54) is 6.07 Å². The first-order chi connectivity index (χ1) is 6.69. The Labute approximate surface area is 96.0 Å². The highest BCUT2D eigenvalue weighted by atomic mass is 79.9. The Morgan fingerprint density at radius 1 is 1.50 bits per heavy atom. The van der Waals surface area contributed by atoms with Crippen LogP contribution in [0.15, 0.2) is 18.2 Å². The number of hydrogen-bond acceptors (Lipinski definition) is 2. The van der Waals surface area contributed by atoms with Crippen LogP contribution in [0, 0.1) is 0 Å². The molecule has 1 aromatic rings. The quantitative estimate of drug-likeness (QED) is 0.678. The second kappa shape index (κ2) is 5.37. The topological polar surface area (TPSA) is 37.3 Å². The van der Waals surface area contributed by atoms with Crippen LogP contribution >= 0.6 is 27.5 Å². The van der Waals surface area contributed by atoms with Crippen LogP contribution in [0.3, 0.4) is 0 Å². The number of alkyl halides is 2. The number of phenols is 1. The van der Waals surface area contributed by atoms with Gasteiger partial charge in [0.2, 0.25) is 0 Å². The molecule has 0 saturated carbocycles. The van der Waals surface area contributed by atoms with Gasteiger partial charge in [0.05, 0.1) is 5.56 Å². The van der Waals surface area contributed by atoms with Gasteiger partial charge < -0.3 is 5.11 Å². The average Bonchev–Trinajstić information content (AvgIpc) is 2.19. The highest BCUT2D eigenvalue weighted by molar-refractivity contribution is 9.09. The molecule has 76 valence electrons. The lowest BCUT2D eigenvalue weighted by Crippen LogP contribution is -2.00. The number of Topliss-reactive ketones (excluding diaryl/α,β-unsaturated/α-hetero) is 1. The molecule has 0 fully saturated rings. The van der Waals surface area contributed by atoms with Crippen molar-refractivity contribution in [1.82, 2.24) is 0 Å². The fraction of sp³-hybridized carbons (Fsp3) is 0.300. The number of ketones is 1. The predicted octanol–water partition coefficient (Wildman–Crippen LogP) is 3.10. The molecule has 0 aliphatic rings. The van der Waals surface area contributed by atoms with Crippen molar-refractivity contribution < 1.29 is 9.90 Å². The van der Waals surface area contributed by atoms with Gasteiger partial charge in [0, 0.05) is 17.6 Å². The lowest BCUT2D eigenvalue weighted by molar-refractivity contribution is 0.0987. The van der Waals surface area contributed by atoms with Gasteiger partial charge in [0.15, 0.2) is 5.78 Å². The molecule has 0 atom stereocenters. The van der Waals surface area contributed by atoms with Gasteiger partial charge in [0.1, 0.15) is 5.75 Å². The van der Waals surface area contributed by atoms with Crippen molar-refractivity contribution in [3.63, 3.8) is 0 Å². The summed E-state index contributed by atoms with van der Waals surface area (Å²) in [5, 5.41) is 10.0. The molecule has 2 nitrogen and oxygen atoms in total. The number of carbonyl (C=O) groups excluding carboxylic acids is 1. The molecule has 0 amide bonds. The number of carbonyl (C=O) groups is 1. The number of hydrogen-bond donors (Lipinski definition) is 1. The van der Waals surface area contributed by atoms with Crippen LogP contribution in [-0.2, 0) is 5.88 Å². The highest BCUT2D eigenvalue weighted by Crippen LogP contribution is 2.21. The van der Waals surface area contributed by atoms with Gasteiger partial charge in [-0.2, -0.15) is 0 Å². The molecule has 14 heavy (non-hydrogen) atoms. The van der Waals surface area contributed by atoms with E-state index in [4.69, 9.17) is 11.6 Å². The molecule has 4 heteroatoms. The molecule has 0 unspecified atom stereocenters. The lowest BCUT2D eigenvalue weighted by Gasteiger charge is -2.04. The first-order valence-corrected chi connectivity index (χ1v) is 5.81. The Hall–Kier alpha value is -0.540. The molecule has 0 heterocycles. The largest absolute Gasteiger partial charge is 0.507 e. The highest BCUT2D eigenvalue weighted by Gasteiger charge is 2.10. The molecule has 0 radical (unpaired) electrons. The molecular formula is C10H10BrClO2. The van der Waals surface area contributed by atoms with Crippen molar-refractivity contribution in [3.05, 3.63) is 29.3 Å². The molecule has 1 aromatic carbocycles. The van der Waals surface area contributed by atoms with Gasteiger partial charge in [-0.3, -0.25) is 4.79 Å². The zero-order chi connectivity index (χ0) is 10.6. The molecule has 0 bridgehead atoms. The third-order valence-corrected chi connectivity index (χ3v) is 2.54. The van der Waals surface area contributed by atoms with Gasteiger partial charge in [-0.1, -0.05) is 22.0 Å². The molecular weight excluding hydrogens is 267 g/mol. The Morgan fingerprint density at radius 3 is 2.79 bits per heavy atom. The van der Waals surface area contributed by atoms with Gasteiger partial charge in [-0.25, -0.2) is 0 Å². The van der Waals surface area contributed by atoms with Crippen molar-refractivity contribution in [3.8, 4) is 5.75 Å². The SMILES string of the molecule is O=C(CCBr)c1cc(CCl)ccc1O. The van der Waals surface area contributed by atoms with Gasteiger partial charge >= 0.3 is 0 Å². The van der Waals surface area contributed by atoms with Gasteiger partial charge in [-0.05, 0) is 17.7 Å². The number of rotatable bonds is 4. The van der Waals surface area contributed by atoms with E-state index < -0.39 is 0 Å². The summed E-state index contributed by atoms with van der Waals surface area (Å²) in [6.07, 6.45) is 0.374. The molecule has 0 aromatic heterocycles.